The lowest BCUT2D eigenvalue weighted by Crippen LogP contribution is -2.24. The van der Waals surface area contributed by atoms with Crippen molar-refractivity contribution in [2.24, 2.45) is 0 Å². The second-order valence-corrected chi connectivity index (χ2v) is 7.17. The number of pyridine rings is 1. The van der Waals surface area contributed by atoms with Crippen LogP contribution >= 0.6 is 0 Å². The van der Waals surface area contributed by atoms with E-state index in [1.807, 2.05) is 36.4 Å². The lowest BCUT2D eigenvalue weighted by molar-refractivity contribution is 0.0602. The lowest BCUT2D eigenvalue weighted by atomic mass is 10.1. The van der Waals surface area contributed by atoms with Gasteiger partial charge in [-0.25, -0.2) is 9.78 Å². The van der Waals surface area contributed by atoms with Gasteiger partial charge in [0.1, 0.15) is 5.52 Å². The number of rotatable bonds is 6. The van der Waals surface area contributed by atoms with Gasteiger partial charge in [-0.05, 0) is 24.1 Å². The van der Waals surface area contributed by atoms with Crippen LogP contribution in [0.5, 0.6) is 0 Å². The van der Waals surface area contributed by atoms with Gasteiger partial charge in [0.2, 0.25) is 0 Å². The van der Waals surface area contributed by atoms with E-state index in [9.17, 15) is 10.0 Å². The highest BCUT2D eigenvalue weighted by molar-refractivity contribution is 6.06. The van der Waals surface area contributed by atoms with Gasteiger partial charge in [-0.15, -0.1) is 0 Å². The van der Waals surface area contributed by atoms with Crippen LogP contribution in [0.3, 0.4) is 0 Å². The highest BCUT2D eigenvalue weighted by atomic mass is 16.5. The fourth-order valence-corrected chi connectivity index (χ4v) is 3.62. The molecule has 0 radical (unpaired) electrons. The summed E-state index contributed by atoms with van der Waals surface area (Å²) in [5.74, 6) is 0.114. The van der Waals surface area contributed by atoms with Gasteiger partial charge in [0.25, 0.3) is 0 Å². The molecule has 2 aromatic carbocycles. The van der Waals surface area contributed by atoms with E-state index in [0.29, 0.717) is 41.1 Å². The van der Waals surface area contributed by atoms with Crippen LogP contribution in [0.15, 0.2) is 72.9 Å². The van der Waals surface area contributed by atoms with Crippen LogP contribution in [0.1, 0.15) is 27.2 Å². The fraction of sp³-hybridized carbons (Fsp3) is 0.167. The second kappa shape index (κ2) is 8.29. The quantitative estimate of drug-likeness (QED) is 0.378. The summed E-state index contributed by atoms with van der Waals surface area (Å²) in [7, 11) is 1.34. The summed E-state index contributed by atoms with van der Waals surface area (Å²) < 4.78 is 5.99. The number of benzene rings is 2. The molecule has 0 atom stereocenters. The van der Waals surface area contributed by atoms with Crippen molar-refractivity contribution >= 4 is 22.7 Å². The molecule has 152 valence electrons. The summed E-state index contributed by atoms with van der Waals surface area (Å²) >= 11 is 0. The van der Waals surface area contributed by atoms with Crippen molar-refractivity contribution in [1.82, 2.24) is 9.71 Å². The normalized spacial score (nSPS) is 10.9. The van der Waals surface area contributed by atoms with Gasteiger partial charge in [-0.2, -0.15) is 4.73 Å². The van der Waals surface area contributed by atoms with Crippen molar-refractivity contribution in [3.8, 4) is 0 Å². The molecule has 6 heteroatoms. The SMILES string of the molecule is COC(=O)c1cnc(N(Cc2ccccc2)Cc2ccccc2)c2c1cc(C)n2O. The first-order valence-corrected chi connectivity index (χ1v) is 9.70. The minimum Gasteiger partial charge on any atom is -0.465 e. The maximum atomic E-state index is 12.2. The van der Waals surface area contributed by atoms with Crippen molar-refractivity contribution < 1.29 is 14.7 Å². The predicted octanol–water partition coefficient (Wildman–Crippen LogP) is 4.58. The fourth-order valence-electron chi connectivity index (χ4n) is 3.62. The van der Waals surface area contributed by atoms with E-state index in [2.05, 4.69) is 34.1 Å². The Morgan fingerprint density at radius 1 is 1.03 bits per heavy atom. The zero-order valence-corrected chi connectivity index (χ0v) is 16.9. The Morgan fingerprint density at radius 2 is 1.60 bits per heavy atom. The number of methoxy groups -OCH3 is 1. The maximum Gasteiger partial charge on any atom is 0.340 e. The number of nitrogens with zero attached hydrogens (tertiary/aromatic N) is 3. The number of ether oxygens (including phenoxy) is 1. The van der Waals surface area contributed by atoms with Crippen LogP contribution in [-0.4, -0.2) is 28.0 Å². The number of esters is 1. The first-order chi connectivity index (χ1) is 14.6. The summed E-state index contributed by atoms with van der Waals surface area (Å²) in [5.41, 5.74) is 3.67. The minimum absolute atomic E-state index is 0.325. The molecule has 4 rings (SSSR count). The molecule has 30 heavy (non-hydrogen) atoms. The van der Waals surface area contributed by atoms with Crippen LogP contribution in [0, 0.1) is 6.92 Å². The molecule has 0 aliphatic heterocycles. The number of aryl methyl sites for hydroxylation is 1. The number of hydrogen-bond donors (Lipinski definition) is 1. The third-order valence-electron chi connectivity index (χ3n) is 5.11. The van der Waals surface area contributed by atoms with Crippen LogP contribution in [0.2, 0.25) is 0 Å². The third-order valence-corrected chi connectivity index (χ3v) is 5.11. The number of carbonyl (C=O) groups is 1. The average molecular weight is 401 g/mol. The van der Waals surface area contributed by atoms with Crippen molar-refractivity contribution in [1.29, 1.82) is 0 Å². The molecule has 1 N–H and O–H groups in total. The third kappa shape index (κ3) is 3.72. The van der Waals surface area contributed by atoms with Crippen LogP contribution in [0.4, 0.5) is 5.82 Å². The summed E-state index contributed by atoms with van der Waals surface area (Å²) in [6, 6.07) is 22.0. The van der Waals surface area contributed by atoms with Crippen LogP contribution in [0.25, 0.3) is 10.9 Å². The van der Waals surface area contributed by atoms with Crippen molar-refractivity contribution in [2.75, 3.05) is 12.0 Å². The van der Waals surface area contributed by atoms with Gasteiger partial charge in [-0.1, -0.05) is 60.7 Å². The van der Waals surface area contributed by atoms with E-state index in [-0.39, 0.29) is 0 Å². The van der Waals surface area contributed by atoms with E-state index >= 15 is 0 Å². The first kappa shape index (κ1) is 19.5. The molecule has 0 saturated heterocycles. The monoisotopic (exact) mass is 401 g/mol. The molecule has 2 aromatic heterocycles. The summed E-state index contributed by atoms with van der Waals surface area (Å²) in [4.78, 5) is 18.9. The summed E-state index contributed by atoms with van der Waals surface area (Å²) in [6.07, 6.45) is 1.52. The molecule has 6 nitrogen and oxygen atoms in total. The van der Waals surface area contributed by atoms with E-state index < -0.39 is 5.97 Å². The molecule has 0 bridgehead atoms. The smallest absolute Gasteiger partial charge is 0.340 e. The second-order valence-electron chi connectivity index (χ2n) is 7.17. The topological polar surface area (TPSA) is 67.6 Å². The molecular formula is C24H23N3O3. The Morgan fingerprint density at radius 3 is 2.13 bits per heavy atom. The number of carbonyl (C=O) groups excluding carboxylic acids is 1. The molecule has 0 aliphatic rings. The van der Waals surface area contributed by atoms with Gasteiger partial charge in [-0.3, -0.25) is 0 Å². The average Bonchev–Trinajstić information content (AvgIpc) is 3.08. The Hall–Kier alpha value is -3.80. The van der Waals surface area contributed by atoms with Crippen molar-refractivity contribution in [3.05, 3.63) is 95.3 Å². The molecule has 0 amide bonds. The highest BCUT2D eigenvalue weighted by Gasteiger charge is 2.23. The molecular weight excluding hydrogens is 378 g/mol. The Kier molecular flexibility index (Phi) is 5.39. The molecule has 0 unspecified atom stereocenters. The number of fused-ring (bicyclic) bond motifs is 1. The summed E-state index contributed by atoms with van der Waals surface area (Å²) in [6.45, 7) is 2.98. The van der Waals surface area contributed by atoms with E-state index in [0.717, 1.165) is 15.9 Å². The molecule has 4 aromatic rings. The molecule has 0 saturated carbocycles. The van der Waals surface area contributed by atoms with Crippen molar-refractivity contribution in [2.45, 2.75) is 20.0 Å². The van der Waals surface area contributed by atoms with Crippen molar-refractivity contribution in [3.63, 3.8) is 0 Å². The van der Waals surface area contributed by atoms with E-state index in [4.69, 9.17) is 4.74 Å². The van der Waals surface area contributed by atoms with E-state index in [1.54, 1.807) is 13.0 Å². The van der Waals surface area contributed by atoms with Gasteiger partial charge in [0, 0.05) is 24.7 Å². The van der Waals surface area contributed by atoms with Crippen LogP contribution < -0.4 is 4.90 Å². The number of aromatic nitrogens is 2. The molecule has 0 fully saturated rings. The van der Waals surface area contributed by atoms with Gasteiger partial charge in [0.05, 0.1) is 18.4 Å². The Balaban J connectivity index is 1.86. The summed E-state index contributed by atoms with van der Waals surface area (Å²) in [5, 5.41) is 11.3. The lowest BCUT2D eigenvalue weighted by Gasteiger charge is -2.25. The predicted molar refractivity (Wildman–Crippen MR) is 116 cm³/mol. The molecule has 0 aliphatic carbocycles. The van der Waals surface area contributed by atoms with Gasteiger partial charge in [0.15, 0.2) is 5.82 Å². The standard InChI is InChI=1S/C24H23N3O3/c1-17-13-20-21(24(28)30-2)14-25-23(22(20)27(17)29)26(15-18-9-5-3-6-10-18)16-19-11-7-4-8-12-19/h3-14,29H,15-16H2,1-2H3. The Bertz CT molecular complexity index is 1130. The molecule has 0 spiro atoms. The van der Waals surface area contributed by atoms with Gasteiger partial charge < -0.3 is 14.8 Å². The zero-order valence-electron chi connectivity index (χ0n) is 16.9. The molecule has 2 heterocycles. The van der Waals surface area contributed by atoms with Gasteiger partial charge >= 0.3 is 5.97 Å². The minimum atomic E-state index is -0.484. The van der Waals surface area contributed by atoms with E-state index in [1.165, 1.54) is 13.3 Å². The maximum absolute atomic E-state index is 12.2. The van der Waals surface area contributed by atoms with Crippen LogP contribution in [-0.2, 0) is 17.8 Å². The first-order valence-electron chi connectivity index (χ1n) is 9.70. The number of hydrogen-bond acceptors (Lipinski definition) is 5. The highest BCUT2D eigenvalue weighted by Crippen LogP contribution is 2.31. The zero-order chi connectivity index (χ0) is 21.1. The largest absolute Gasteiger partial charge is 0.465 e. The number of anilines is 1. The Labute approximate surface area is 174 Å².